The van der Waals surface area contributed by atoms with E-state index < -0.39 is 0 Å². The van der Waals surface area contributed by atoms with E-state index in [4.69, 9.17) is 0 Å². The summed E-state index contributed by atoms with van der Waals surface area (Å²) in [6.45, 7) is 0. The van der Waals surface area contributed by atoms with Gasteiger partial charge in [0.05, 0.1) is 0 Å². The first-order valence-corrected chi connectivity index (χ1v) is 9.23. The summed E-state index contributed by atoms with van der Waals surface area (Å²) in [5, 5.41) is 5.71. The Morgan fingerprint density at radius 3 is 1.60 bits per heavy atom. The molecule has 3 fully saturated rings. The zero-order valence-corrected chi connectivity index (χ0v) is 14.3. The van der Waals surface area contributed by atoms with Crippen LogP contribution in [0.4, 0.5) is 0 Å². The van der Waals surface area contributed by atoms with Crippen LogP contribution < -0.4 is 5.32 Å². The minimum absolute atomic E-state index is 0.786. The van der Waals surface area contributed by atoms with Gasteiger partial charge in [-0.3, -0.25) is 0 Å². The highest BCUT2D eigenvalue weighted by Crippen LogP contribution is 2.42. The molecule has 3 nitrogen and oxygen atoms in total. The van der Waals surface area contributed by atoms with Gasteiger partial charge in [-0.15, -0.1) is 0 Å². The predicted molar refractivity (Wildman–Crippen MR) is 88.5 cm³/mol. The van der Waals surface area contributed by atoms with Crippen molar-refractivity contribution in [3.8, 4) is 0 Å². The number of rotatable bonds is 2. The van der Waals surface area contributed by atoms with Crippen molar-refractivity contribution in [2.75, 3.05) is 28.2 Å². The molecule has 0 aromatic rings. The summed E-state index contributed by atoms with van der Waals surface area (Å²) in [4.78, 5) is 4.87. The molecule has 0 bridgehead atoms. The van der Waals surface area contributed by atoms with Gasteiger partial charge in [0.25, 0.3) is 0 Å². The highest BCUT2D eigenvalue weighted by Gasteiger charge is 2.43. The smallest absolute Gasteiger partial charge is 0.0219 e. The van der Waals surface area contributed by atoms with Gasteiger partial charge in [0.15, 0.2) is 0 Å². The number of thioether (sulfide) groups is 1. The van der Waals surface area contributed by atoms with Gasteiger partial charge in [0.1, 0.15) is 0 Å². The van der Waals surface area contributed by atoms with E-state index in [1.807, 2.05) is 0 Å². The number of nitrogens with zero attached hydrogens (tertiary/aromatic N) is 2. The maximum absolute atomic E-state index is 4.02. The maximum Gasteiger partial charge on any atom is 0.0219 e. The molecule has 3 rings (SSSR count). The molecule has 0 aromatic heterocycles. The first-order valence-electron chi connectivity index (χ1n) is 8.29. The van der Waals surface area contributed by atoms with Gasteiger partial charge in [0.2, 0.25) is 0 Å². The second kappa shape index (κ2) is 6.15. The molecule has 0 amide bonds. The Morgan fingerprint density at radius 2 is 1.20 bits per heavy atom. The van der Waals surface area contributed by atoms with Crippen molar-refractivity contribution >= 4 is 11.8 Å². The van der Waals surface area contributed by atoms with E-state index in [1.54, 1.807) is 0 Å². The van der Waals surface area contributed by atoms with Gasteiger partial charge in [-0.1, -0.05) is 0 Å². The molecule has 0 spiro atoms. The molecule has 4 heteroatoms. The molecule has 6 atom stereocenters. The summed E-state index contributed by atoms with van der Waals surface area (Å²) in [5.74, 6) is 0. The van der Waals surface area contributed by atoms with E-state index in [0.29, 0.717) is 0 Å². The second-order valence-corrected chi connectivity index (χ2v) is 8.94. The summed E-state index contributed by atoms with van der Waals surface area (Å²) in [6.07, 6.45) is 8.26. The molecule has 116 valence electrons. The van der Waals surface area contributed by atoms with Crippen LogP contribution in [-0.4, -0.2) is 72.7 Å². The van der Waals surface area contributed by atoms with Crippen LogP contribution >= 0.6 is 11.8 Å². The van der Waals surface area contributed by atoms with E-state index in [-0.39, 0.29) is 0 Å². The minimum Gasteiger partial charge on any atom is -0.309 e. The lowest BCUT2D eigenvalue weighted by molar-refractivity contribution is 0.167. The Balaban J connectivity index is 1.62. The van der Waals surface area contributed by atoms with E-state index in [2.05, 4.69) is 55.1 Å². The summed E-state index contributed by atoms with van der Waals surface area (Å²) in [6, 6.07) is 3.17. The summed E-state index contributed by atoms with van der Waals surface area (Å²) in [7, 11) is 8.99. The standard InChI is InChI=1S/C16H31N3S/c1-18(2)11-5-7-13-15(9-11)20-16-10-12(19(3)4)6-8-14(16)17-13/h11-17H,5-10H2,1-4H3. The quantitative estimate of drug-likeness (QED) is 0.840. The molecule has 1 N–H and O–H groups in total. The number of hydrogen-bond donors (Lipinski definition) is 1. The lowest BCUT2D eigenvalue weighted by Crippen LogP contribution is -2.60. The average Bonchev–Trinajstić information content (AvgIpc) is 2.43. The normalized spacial score (nSPS) is 45.3. The SMILES string of the molecule is CN(C)C1CCC2NC3CCC(N(C)C)CC3SC2C1. The third kappa shape index (κ3) is 3.03. The lowest BCUT2D eigenvalue weighted by Gasteiger charge is -2.50. The molecular weight excluding hydrogens is 266 g/mol. The van der Waals surface area contributed by atoms with Crippen molar-refractivity contribution in [2.24, 2.45) is 0 Å². The van der Waals surface area contributed by atoms with Crippen molar-refractivity contribution in [3.63, 3.8) is 0 Å². The molecule has 1 heterocycles. The maximum atomic E-state index is 4.02. The third-order valence-electron chi connectivity index (χ3n) is 5.77. The monoisotopic (exact) mass is 297 g/mol. The fraction of sp³-hybridized carbons (Fsp3) is 1.00. The van der Waals surface area contributed by atoms with Gasteiger partial charge in [-0.25, -0.2) is 0 Å². The van der Waals surface area contributed by atoms with Crippen LogP contribution in [-0.2, 0) is 0 Å². The van der Waals surface area contributed by atoms with E-state index in [1.165, 1.54) is 38.5 Å². The van der Waals surface area contributed by atoms with Gasteiger partial charge < -0.3 is 15.1 Å². The lowest BCUT2D eigenvalue weighted by atomic mass is 9.85. The van der Waals surface area contributed by atoms with Crippen LogP contribution in [0.2, 0.25) is 0 Å². The summed E-state index contributed by atoms with van der Waals surface area (Å²) in [5.41, 5.74) is 0. The van der Waals surface area contributed by atoms with Crippen LogP contribution in [0.15, 0.2) is 0 Å². The van der Waals surface area contributed by atoms with Crippen molar-refractivity contribution in [2.45, 2.75) is 73.2 Å². The highest BCUT2D eigenvalue weighted by molar-refractivity contribution is 8.00. The number of hydrogen-bond acceptors (Lipinski definition) is 4. The Labute approximate surface area is 128 Å². The fourth-order valence-corrected chi connectivity index (χ4v) is 6.26. The average molecular weight is 298 g/mol. The molecule has 6 unspecified atom stereocenters. The second-order valence-electron chi connectivity index (χ2n) is 7.45. The zero-order chi connectivity index (χ0) is 14.3. The summed E-state index contributed by atoms with van der Waals surface area (Å²) >= 11 is 2.33. The molecule has 2 aliphatic carbocycles. The molecule has 0 radical (unpaired) electrons. The van der Waals surface area contributed by atoms with Gasteiger partial charge >= 0.3 is 0 Å². The van der Waals surface area contributed by atoms with Gasteiger partial charge in [-0.2, -0.15) is 11.8 Å². The molecular formula is C16H31N3S. The molecule has 20 heavy (non-hydrogen) atoms. The third-order valence-corrected chi connectivity index (χ3v) is 7.51. The van der Waals surface area contributed by atoms with Gasteiger partial charge in [-0.05, 0) is 66.7 Å². The zero-order valence-electron chi connectivity index (χ0n) is 13.5. The minimum atomic E-state index is 0.786. The molecule has 0 aromatic carbocycles. The van der Waals surface area contributed by atoms with Crippen LogP contribution in [0.1, 0.15) is 38.5 Å². The number of nitrogens with one attached hydrogen (secondary N) is 1. The van der Waals surface area contributed by atoms with Crippen molar-refractivity contribution in [1.29, 1.82) is 0 Å². The molecule has 3 aliphatic rings. The van der Waals surface area contributed by atoms with E-state index in [9.17, 15) is 0 Å². The first kappa shape index (κ1) is 15.1. The predicted octanol–water partition coefficient (Wildman–Crippen LogP) is 2.03. The molecule has 1 aliphatic heterocycles. The van der Waals surface area contributed by atoms with Gasteiger partial charge in [0, 0.05) is 34.7 Å². The molecule has 2 saturated carbocycles. The Kier molecular flexibility index (Phi) is 4.66. The Bertz CT molecular complexity index is 304. The Hall–Kier alpha value is 0.230. The first-order chi connectivity index (χ1) is 9.54. The summed E-state index contributed by atoms with van der Waals surface area (Å²) < 4.78 is 0. The van der Waals surface area contributed by atoms with Crippen LogP contribution in [0.5, 0.6) is 0 Å². The van der Waals surface area contributed by atoms with E-state index in [0.717, 1.165) is 34.7 Å². The highest BCUT2D eigenvalue weighted by atomic mass is 32.2. The Morgan fingerprint density at radius 1 is 0.750 bits per heavy atom. The molecule has 1 saturated heterocycles. The van der Waals surface area contributed by atoms with E-state index >= 15 is 0 Å². The van der Waals surface area contributed by atoms with Crippen molar-refractivity contribution < 1.29 is 0 Å². The fourth-order valence-electron chi connectivity index (χ4n) is 4.34. The van der Waals surface area contributed by atoms with Crippen molar-refractivity contribution in [3.05, 3.63) is 0 Å². The van der Waals surface area contributed by atoms with Crippen LogP contribution in [0.3, 0.4) is 0 Å². The van der Waals surface area contributed by atoms with Crippen LogP contribution in [0, 0.1) is 0 Å². The largest absolute Gasteiger partial charge is 0.309 e. The number of fused-ring (bicyclic) bond motifs is 2. The van der Waals surface area contributed by atoms with Crippen LogP contribution in [0.25, 0.3) is 0 Å². The topological polar surface area (TPSA) is 18.5 Å². The van der Waals surface area contributed by atoms with Crippen molar-refractivity contribution in [1.82, 2.24) is 15.1 Å².